The molecule has 0 N–H and O–H groups in total. The molecule has 0 aromatic carbocycles. The minimum atomic E-state index is -2.73. The van der Waals surface area contributed by atoms with Crippen molar-refractivity contribution in [2.75, 3.05) is 21.3 Å². The summed E-state index contributed by atoms with van der Waals surface area (Å²) in [7, 11) is -0.609. The molecule has 0 saturated carbocycles. The van der Waals surface area contributed by atoms with Crippen LogP contribution in [0.3, 0.4) is 0 Å². The molecule has 1 atom stereocenters. The summed E-state index contributed by atoms with van der Waals surface area (Å²) in [6, 6.07) is 0. The van der Waals surface area contributed by atoms with Crippen molar-refractivity contribution in [1.29, 1.82) is 0 Å². The van der Waals surface area contributed by atoms with Gasteiger partial charge in [-0.15, -0.1) is 0 Å². The van der Waals surface area contributed by atoms with Crippen molar-refractivity contribution in [3.63, 3.8) is 0 Å². The average Bonchev–Trinajstić information content (AvgIpc) is 2.12. The Hall–Kier alpha value is 0.274. The summed E-state index contributed by atoms with van der Waals surface area (Å²) >= 11 is 0. The van der Waals surface area contributed by atoms with E-state index < -0.39 is 17.1 Å². The molecule has 0 aliphatic heterocycles. The highest BCUT2D eigenvalue weighted by atomic mass is 28.4. The molecule has 0 rings (SSSR count). The zero-order valence-corrected chi connectivity index (χ0v) is 11.9. The maximum Gasteiger partial charge on any atom is 0.503 e. The molecule has 0 heterocycles. The highest BCUT2D eigenvalue weighted by molar-refractivity contribution is 6.86. The van der Waals surface area contributed by atoms with Gasteiger partial charge in [-0.25, -0.2) is 0 Å². The lowest BCUT2D eigenvalue weighted by atomic mass is 10.6. The zero-order chi connectivity index (χ0) is 11.4. The smallest absolute Gasteiger partial charge is 0.377 e. The molecule has 14 heavy (non-hydrogen) atoms. The van der Waals surface area contributed by atoms with E-state index in [9.17, 15) is 4.80 Å². The molecule has 85 valence electrons. The van der Waals surface area contributed by atoms with E-state index in [1.807, 2.05) is 6.92 Å². The van der Waals surface area contributed by atoms with Gasteiger partial charge in [0.05, 0.1) is 5.16 Å². The van der Waals surface area contributed by atoms with Crippen LogP contribution in [-0.4, -0.2) is 38.5 Å². The molecule has 0 aromatic heterocycles. The molecular weight excluding hydrogens is 216 g/mol. The number of rotatable bonds is 6. The van der Waals surface area contributed by atoms with E-state index in [0.717, 1.165) is 6.42 Å². The summed E-state index contributed by atoms with van der Waals surface area (Å²) in [6.45, 7) is 5.54. The zero-order valence-electron chi connectivity index (χ0n) is 9.92. The summed E-state index contributed by atoms with van der Waals surface area (Å²) in [5.74, 6) is 0. The minimum absolute atomic E-state index is 0.0880. The molecule has 0 aliphatic rings. The van der Waals surface area contributed by atoms with Gasteiger partial charge in [0.1, 0.15) is 0 Å². The van der Waals surface area contributed by atoms with Gasteiger partial charge >= 0.3 is 8.80 Å². The van der Waals surface area contributed by atoms with Crippen LogP contribution in [0.25, 0.3) is 0 Å². The van der Waals surface area contributed by atoms with Gasteiger partial charge in [0.25, 0.3) is 0 Å². The average molecular weight is 237 g/mol. The van der Waals surface area contributed by atoms with E-state index in [4.69, 9.17) is 13.3 Å². The van der Waals surface area contributed by atoms with Crippen molar-refractivity contribution in [1.82, 2.24) is 0 Å². The fourth-order valence-electron chi connectivity index (χ4n) is 1.84. The summed E-state index contributed by atoms with van der Waals surface area (Å²) in [4.78, 5) is 12.1. The summed E-state index contributed by atoms with van der Waals surface area (Å²) in [5, 5.41) is -0.0880. The van der Waals surface area contributed by atoms with Gasteiger partial charge in [0, 0.05) is 21.3 Å². The lowest BCUT2D eigenvalue weighted by Crippen LogP contribution is -2.56. The predicted octanol–water partition coefficient (Wildman–Crippen LogP) is 1.82. The van der Waals surface area contributed by atoms with Crippen molar-refractivity contribution >= 4 is 17.1 Å². The normalized spacial score (nSPS) is 15.6. The van der Waals surface area contributed by atoms with Crippen LogP contribution >= 0.6 is 0 Å². The summed E-state index contributed by atoms with van der Waals surface area (Å²) in [6.07, 6.45) is 0.754. The van der Waals surface area contributed by atoms with Crippen molar-refractivity contribution in [3.05, 3.63) is 0 Å². The van der Waals surface area contributed by atoms with E-state index >= 15 is 0 Å². The first-order chi connectivity index (χ1) is 6.37. The Balaban J connectivity index is 4.94. The van der Waals surface area contributed by atoms with Gasteiger partial charge in [0.15, 0.2) is 0 Å². The summed E-state index contributed by atoms with van der Waals surface area (Å²) < 4.78 is 16.0. The monoisotopic (exact) mass is 237 g/mol. The molecule has 0 spiro atoms. The Labute approximate surface area is 88.7 Å². The van der Waals surface area contributed by atoms with Crippen molar-refractivity contribution in [2.24, 2.45) is 0 Å². The third-order valence-corrected chi connectivity index (χ3v) is 10.7. The van der Waals surface area contributed by atoms with Crippen LogP contribution in [0.1, 0.15) is 13.3 Å². The van der Waals surface area contributed by atoms with Crippen molar-refractivity contribution in [2.45, 2.75) is 31.6 Å². The third kappa shape index (κ3) is 2.88. The highest BCUT2D eigenvalue weighted by Gasteiger charge is 2.55. The fraction of sp³-hybridized carbons (Fsp3) is 1.00. The largest absolute Gasteiger partial charge is 0.503 e. The van der Waals surface area contributed by atoms with Crippen LogP contribution in [0, 0.1) is 0 Å². The molecule has 0 fully saturated rings. The van der Waals surface area contributed by atoms with E-state index in [1.165, 1.54) is 0 Å². The van der Waals surface area contributed by atoms with Gasteiger partial charge in [-0.3, -0.25) is 4.80 Å². The first-order valence-corrected chi connectivity index (χ1v) is 9.52. The molecule has 1 unspecified atom stereocenters. The van der Waals surface area contributed by atoms with Crippen LogP contribution in [0.15, 0.2) is 0 Å². The first-order valence-electron chi connectivity index (χ1n) is 4.73. The van der Waals surface area contributed by atoms with Crippen LogP contribution in [0.5, 0.6) is 0 Å². The van der Waals surface area contributed by atoms with E-state index in [1.54, 1.807) is 34.4 Å². The van der Waals surface area contributed by atoms with Crippen LogP contribution in [0.4, 0.5) is 0 Å². The molecule has 0 amide bonds. The molecule has 0 saturated heterocycles. The van der Waals surface area contributed by atoms with Crippen LogP contribution < -0.4 is 0 Å². The topological polar surface area (TPSA) is 47.6 Å². The Kier molecular flexibility index (Phi) is 5.49. The second-order valence-electron chi connectivity index (χ2n) is 3.78. The van der Waals surface area contributed by atoms with E-state index in [2.05, 4.69) is 0 Å². The lowest BCUT2D eigenvalue weighted by molar-refractivity contribution is 0.115. The van der Waals surface area contributed by atoms with Gasteiger partial charge < -0.3 is 13.3 Å². The minimum Gasteiger partial charge on any atom is -0.377 e. The molecule has 0 bridgehead atoms. The quantitative estimate of drug-likeness (QED) is 0.662. The second-order valence-corrected chi connectivity index (χ2v) is 11.4. The van der Waals surface area contributed by atoms with Gasteiger partial charge in [-0.1, -0.05) is 6.92 Å². The van der Waals surface area contributed by atoms with E-state index in [-0.39, 0.29) is 5.16 Å². The Morgan fingerprint density at radius 3 is 1.50 bits per heavy atom. The maximum absolute atomic E-state index is 12.1. The fourth-order valence-corrected chi connectivity index (χ4v) is 9.15. The van der Waals surface area contributed by atoms with Gasteiger partial charge in [-0.05, 0) is 19.5 Å². The molecule has 0 aromatic rings. The lowest BCUT2D eigenvalue weighted by Gasteiger charge is -2.35. The molecule has 4 nitrogen and oxygen atoms in total. The molecule has 1 radical (unpaired) electrons. The van der Waals surface area contributed by atoms with Gasteiger partial charge in [-0.2, -0.15) is 0 Å². The number of hydrogen-bond donors (Lipinski definition) is 0. The number of hydrogen-bond acceptors (Lipinski definition) is 3. The standard InChI is InChI=1S/C8H21O4Si2/c1-7-8(13(5,6)9)14(10-2,11-3)12-4/h8H,7H2,1-6H3. The Bertz CT molecular complexity index is 157. The van der Waals surface area contributed by atoms with Crippen molar-refractivity contribution in [3.8, 4) is 0 Å². The summed E-state index contributed by atoms with van der Waals surface area (Å²) in [5.41, 5.74) is 0. The van der Waals surface area contributed by atoms with Crippen LogP contribution in [0.2, 0.25) is 18.3 Å². The first kappa shape index (κ1) is 14.3. The Morgan fingerprint density at radius 1 is 1.07 bits per heavy atom. The highest BCUT2D eigenvalue weighted by Crippen LogP contribution is 2.34. The van der Waals surface area contributed by atoms with Gasteiger partial charge in [0.2, 0.25) is 8.32 Å². The SMILES string of the molecule is CCC([Si](C)(C)[O])[Si](OC)(OC)OC. The van der Waals surface area contributed by atoms with Crippen LogP contribution in [-0.2, 0) is 18.1 Å². The van der Waals surface area contributed by atoms with Crippen molar-refractivity contribution < 1.29 is 18.1 Å². The predicted molar refractivity (Wildman–Crippen MR) is 59.0 cm³/mol. The maximum atomic E-state index is 12.1. The molecular formula is C8H21O4Si2. The Morgan fingerprint density at radius 2 is 1.43 bits per heavy atom. The molecule has 0 aliphatic carbocycles. The third-order valence-electron chi connectivity index (χ3n) is 2.53. The second kappa shape index (κ2) is 5.38. The molecule has 6 heteroatoms. The van der Waals surface area contributed by atoms with E-state index in [0.29, 0.717) is 0 Å².